The van der Waals surface area contributed by atoms with E-state index in [-0.39, 0.29) is 25.7 Å². The molecule has 0 radical (unpaired) electrons. The zero-order valence-electron chi connectivity index (χ0n) is 59.3. The van der Waals surface area contributed by atoms with Crippen LogP contribution in [0.15, 0.2) is 0 Å². The highest BCUT2D eigenvalue weighted by Gasteiger charge is 2.30. The highest BCUT2D eigenvalue weighted by atomic mass is 31.2. The fraction of sp³-hybridized carbons (Fsp3) is 0.944. The third kappa shape index (κ3) is 63.9. The first-order valence-electron chi connectivity index (χ1n) is 37.4. The molecular formula is C72H140O17P2. The predicted octanol–water partition coefficient (Wildman–Crippen LogP) is 20.6. The van der Waals surface area contributed by atoms with Crippen LogP contribution in [-0.4, -0.2) is 96.7 Å². The molecule has 0 heterocycles. The molecule has 0 fully saturated rings. The Morgan fingerprint density at radius 3 is 0.835 bits per heavy atom. The van der Waals surface area contributed by atoms with Crippen molar-refractivity contribution in [1.29, 1.82) is 0 Å². The maximum Gasteiger partial charge on any atom is 0.472 e. The maximum atomic E-state index is 13.0. The molecule has 0 rings (SSSR count). The Morgan fingerprint density at radius 2 is 0.560 bits per heavy atom. The zero-order chi connectivity index (χ0) is 67.3. The first kappa shape index (κ1) is 89.1. The number of hydrogen-bond donors (Lipinski definition) is 3. The van der Waals surface area contributed by atoms with Gasteiger partial charge in [-0.1, -0.05) is 312 Å². The van der Waals surface area contributed by atoms with Gasteiger partial charge in [-0.25, -0.2) is 9.13 Å². The number of hydrogen-bond acceptors (Lipinski definition) is 15. The Morgan fingerprint density at radius 1 is 0.319 bits per heavy atom. The van der Waals surface area contributed by atoms with E-state index in [4.69, 9.17) is 37.0 Å². The highest BCUT2D eigenvalue weighted by molar-refractivity contribution is 7.47. The average molecular weight is 1340 g/mol. The lowest BCUT2D eigenvalue weighted by molar-refractivity contribution is -0.161. The standard InChI is InChI=1S/C72H140O17P2/c1-8-11-12-13-14-15-16-17-18-19-20-21-22-23-24-27-31-41-48-55-71(76)88-67(59-82-69(74)53-46-39-30-28-25-26-29-36-43-50-63(4)5)61-86-90(78,79)84-57-66(73)58-85-91(80,81)87-62-68(89-72(77)56-49-42-35-33-38-45-52-65(7)10-3)60-83-70(75)54-47-40-34-32-37-44-51-64(6)9-2/h63-68,73H,8-62H2,1-7H3,(H,78,79)(H,80,81)/t64?,65?,66-,67-,68-/m1/s1. The van der Waals surface area contributed by atoms with E-state index in [0.29, 0.717) is 25.7 Å². The van der Waals surface area contributed by atoms with E-state index >= 15 is 0 Å². The molecule has 0 aliphatic rings. The normalized spacial score (nSPS) is 14.8. The SMILES string of the molecule is CCCCCCCCCCCCCCCCCCCCCC(=O)O[C@H](COC(=O)CCCCCCCCCCCC(C)C)COP(=O)(O)OC[C@@H](O)COP(=O)(O)OC[C@@H](COC(=O)CCCCCCCCC(C)CC)OC(=O)CCCCCCCCC(C)CC. The monoisotopic (exact) mass is 1340 g/mol. The van der Waals surface area contributed by atoms with Crippen molar-refractivity contribution < 1.29 is 80.2 Å². The van der Waals surface area contributed by atoms with E-state index in [1.54, 1.807) is 0 Å². The van der Waals surface area contributed by atoms with Crippen LogP contribution >= 0.6 is 15.6 Å². The van der Waals surface area contributed by atoms with E-state index < -0.39 is 97.5 Å². The summed E-state index contributed by atoms with van der Waals surface area (Å²) in [5.74, 6) is 0.0661. The second-order valence-electron chi connectivity index (χ2n) is 26.9. The fourth-order valence-electron chi connectivity index (χ4n) is 10.8. The van der Waals surface area contributed by atoms with Gasteiger partial charge < -0.3 is 33.8 Å². The molecule has 19 heteroatoms. The van der Waals surface area contributed by atoms with E-state index in [9.17, 15) is 43.2 Å². The molecule has 0 amide bonds. The number of esters is 4. The predicted molar refractivity (Wildman–Crippen MR) is 368 cm³/mol. The molecule has 0 aromatic heterocycles. The van der Waals surface area contributed by atoms with Gasteiger partial charge in [0.25, 0.3) is 0 Å². The zero-order valence-corrected chi connectivity index (χ0v) is 61.1. The summed E-state index contributed by atoms with van der Waals surface area (Å²) in [5, 5.41) is 10.6. The molecule has 0 aliphatic heterocycles. The summed E-state index contributed by atoms with van der Waals surface area (Å²) in [6.45, 7) is 11.8. The molecular weight excluding hydrogens is 1200 g/mol. The summed E-state index contributed by atoms with van der Waals surface area (Å²) in [5.41, 5.74) is 0. The fourth-order valence-corrected chi connectivity index (χ4v) is 12.4. The summed E-state index contributed by atoms with van der Waals surface area (Å²) >= 11 is 0. The molecule has 0 saturated carbocycles. The number of phosphoric ester groups is 2. The van der Waals surface area contributed by atoms with E-state index in [1.807, 2.05) is 0 Å². The minimum absolute atomic E-state index is 0.102. The number of ether oxygens (including phenoxy) is 4. The molecule has 3 N–H and O–H groups in total. The number of carbonyl (C=O) groups is 4. The molecule has 0 aliphatic carbocycles. The van der Waals surface area contributed by atoms with Crippen LogP contribution in [0.2, 0.25) is 0 Å². The maximum absolute atomic E-state index is 13.0. The van der Waals surface area contributed by atoms with Crippen molar-refractivity contribution >= 4 is 39.5 Å². The number of aliphatic hydroxyl groups is 1. The molecule has 7 atom stereocenters. The van der Waals surface area contributed by atoms with Gasteiger partial charge in [-0.3, -0.25) is 37.3 Å². The van der Waals surface area contributed by atoms with E-state index in [0.717, 1.165) is 114 Å². The van der Waals surface area contributed by atoms with Crippen LogP contribution in [0.25, 0.3) is 0 Å². The van der Waals surface area contributed by atoms with Gasteiger partial charge in [-0.05, 0) is 43.4 Å². The third-order valence-corrected chi connectivity index (χ3v) is 19.3. The van der Waals surface area contributed by atoms with Crippen molar-refractivity contribution in [3.8, 4) is 0 Å². The van der Waals surface area contributed by atoms with Crippen molar-refractivity contribution in [2.45, 2.75) is 381 Å². The number of aliphatic hydroxyl groups excluding tert-OH is 1. The minimum atomic E-state index is -4.95. The molecule has 4 unspecified atom stereocenters. The smallest absolute Gasteiger partial charge is 0.462 e. The lowest BCUT2D eigenvalue weighted by Crippen LogP contribution is -2.30. The van der Waals surface area contributed by atoms with Crippen molar-refractivity contribution in [3.05, 3.63) is 0 Å². The van der Waals surface area contributed by atoms with Gasteiger partial charge in [0.1, 0.15) is 19.3 Å². The van der Waals surface area contributed by atoms with E-state index in [1.165, 1.54) is 167 Å². The van der Waals surface area contributed by atoms with Crippen LogP contribution in [-0.2, 0) is 65.4 Å². The lowest BCUT2D eigenvalue weighted by atomic mass is 10.00. The van der Waals surface area contributed by atoms with Gasteiger partial charge >= 0.3 is 39.5 Å². The van der Waals surface area contributed by atoms with Crippen molar-refractivity contribution in [2.75, 3.05) is 39.6 Å². The Labute approximate surface area is 556 Å². The molecule has 17 nitrogen and oxygen atoms in total. The Bertz CT molecular complexity index is 1790. The van der Waals surface area contributed by atoms with Crippen LogP contribution in [0.5, 0.6) is 0 Å². The second-order valence-corrected chi connectivity index (χ2v) is 29.8. The molecule has 0 aromatic carbocycles. The lowest BCUT2D eigenvalue weighted by Gasteiger charge is -2.21. The van der Waals surface area contributed by atoms with Crippen LogP contribution in [0, 0.1) is 17.8 Å². The molecule has 0 saturated heterocycles. The quantitative estimate of drug-likeness (QED) is 0.0222. The molecule has 0 aromatic rings. The van der Waals surface area contributed by atoms with Gasteiger partial charge in [-0.2, -0.15) is 0 Å². The summed E-state index contributed by atoms with van der Waals surface area (Å²) in [7, 11) is -9.90. The first-order valence-corrected chi connectivity index (χ1v) is 40.4. The Balaban J connectivity index is 5.22. The number of phosphoric acid groups is 2. The Hall–Kier alpha value is -1.94. The van der Waals surface area contributed by atoms with Crippen molar-refractivity contribution in [1.82, 2.24) is 0 Å². The topological polar surface area (TPSA) is 237 Å². The molecule has 0 spiro atoms. The first-order chi connectivity index (χ1) is 43.8. The van der Waals surface area contributed by atoms with Gasteiger partial charge in [0, 0.05) is 25.7 Å². The summed E-state index contributed by atoms with van der Waals surface area (Å²) in [4.78, 5) is 72.6. The van der Waals surface area contributed by atoms with Gasteiger partial charge in [-0.15, -0.1) is 0 Å². The number of carbonyl (C=O) groups excluding carboxylic acids is 4. The van der Waals surface area contributed by atoms with Gasteiger partial charge in [0.05, 0.1) is 26.4 Å². The summed E-state index contributed by atoms with van der Waals surface area (Å²) < 4.78 is 68.3. The van der Waals surface area contributed by atoms with Crippen LogP contribution < -0.4 is 0 Å². The molecule has 540 valence electrons. The van der Waals surface area contributed by atoms with E-state index in [2.05, 4.69) is 48.5 Å². The van der Waals surface area contributed by atoms with Crippen LogP contribution in [0.3, 0.4) is 0 Å². The molecule has 0 bridgehead atoms. The third-order valence-electron chi connectivity index (χ3n) is 17.4. The summed E-state index contributed by atoms with van der Waals surface area (Å²) in [6.07, 6.45) is 47.4. The number of unbranched alkanes of at least 4 members (excludes halogenated alkanes) is 36. The average Bonchev–Trinajstić information content (AvgIpc) is 2.97. The van der Waals surface area contributed by atoms with Gasteiger partial charge in [0.15, 0.2) is 12.2 Å². The van der Waals surface area contributed by atoms with Crippen LogP contribution in [0.1, 0.15) is 363 Å². The second kappa shape index (κ2) is 62.8. The minimum Gasteiger partial charge on any atom is -0.462 e. The highest BCUT2D eigenvalue weighted by Crippen LogP contribution is 2.45. The largest absolute Gasteiger partial charge is 0.472 e. The van der Waals surface area contributed by atoms with Crippen LogP contribution in [0.4, 0.5) is 0 Å². The molecule has 91 heavy (non-hydrogen) atoms. The van der Waals surface area contributed by atoms with Crippen molar-refractivity contribution in [2.24, 2.45) is 17.8 Å². The number of rotatable bonds is 70. The summed E-state index contributed by atoms with van der Waals surface area (Å²) in [6, 6.07) is 0. The van der Waals surface area contributed by atoms with Crippen molar-refractivity contribution in [3.63, 3.8) is 0 Å². The Kier molecular flexibility index (Phi) is 61.5. The van der Waals surface area contributed by atoms with Gasteiger partial charge in [0.2, 0.25) is 0 Å².